The van der Waals surface area contributed by atoms with E-state index in [-0.39, 0.29) is 0 Å². The predicted molar refractivity (Wildman–Crippen MR) is 150 cm³/mol. The molecular weight excluding hydrogens is 490 g/mol. The summed E-state index contributed by atoms with van der Waals surface area (Å²) < 4.78 is 13.1. The van der Waals surface area contributed by atoms with Gasteiger partial charge in [0.1, 0.15) is 35.5 Å². The van der Waals surface area contributed by atoms with Crippen molar-refractivity contribution in [1.82, 2.24) is 24.4 Å². The van der Waals surface area contributed by atoms with Crippen molar-refractivity contribution < 1.29 is 9.47 Å². The molecule has 0 radical (unpaired) electrons. The molecule has 2 fully saturated rings. The van der Waals surface area contributed by atoms with E-state index in [1.54, 1.807) is 4.52 Å². The van der Waals surface area contributed by atoms with Gasteiger partial charge < -0.3 is 14.4 Å². The Morgan fingerprint density at radius 3 is 2.46 bits per heavy atom. The van der Waals surface area contributed by atoms with Crippen LogP contribution in [0.15, 0.2) is 67.0 Å². The number of aromatic nitrogens is 3. The Labute approximate surface area is 228 Å². The molecule has 2 aliphatic heterocycles. The summed E-state index contributed by atoms with van der Waals surface area (Å²) in [7, 11) is 0. The van der Waals surface area contributed by atoms with Gasteiger partial charge in [0.15, 0.2) is 0 Å². The molecule has 3 aromatic heterocycles. The molecule has 2 aliphatic rings. The summed E-state index contributed by atoms with van der Waals surface area (Å²) in [5, 5.41) is 14.7. The first-order chi connectivity index (χ1) is 19.3. The number of ether oxygens (including phenoxy) is 2. The van der Waals surface area contributed by atoms with E-state index in [9.17, 15) is 5.26 Å². The van der Waals surface area contributed by atoms with Crippen molar-refractivity contribution in [2.24, 2.45) is 0 Å². The molecule has 6 rings (SSSR count). The molecule has 2 saturated heterocycles. The fourth-order valence-electron chi connectivity index (χ4n) is 5.24. The number of hydrogen-bond donors (Lipinski definition) is 0. The first kappa shape index (κ1) is 25.3. The van der Waals surface area contributed by atoms with Gasteiger partial charge >= 0.3 is 0 Å². The van der Waals surface area contributed by atoms with Crippen LogP contribution in [0.4, 0.5) is 5.82 Å². The number of nitrogens with zero attached hydrogens (tertiary/aromatic N) is 7. The van der Waals surface area contributed by atoms with Gasteiger partial charge in [0.2, 0.25) is 0 Å². The number of pyridine rings is 2. The molecular formula is C30H33N7O2. The van der Waals surface area contributed by atoms with E-state index in [1.165, 1.54) is 5.56 Å². The largest absolute Gasteiger partial charge is 0.491 e. The first-order valence-electron chi connectivity index (χ1n) is 13.6. The van der Waals surface area contributed by atoms with Gasteiger partial charge in [-0.1, -0.05) is 30.3 Å². The highest BCUT2D eigenvalue weighted by Crippen LogP contribution is 2.28. The molecule has 200 valence electrons. The minimum absolute atomic E-state index is 0.541. The minimum Gasteiger partial charge on any atom is -0.491 e. The lowest BCUT2D eigenvalue weighted by atomic mass is 10.1. The van der Waals surface area contributed by atoms with E-state index >= 15 is 0 Å². The van der Waals surface area contributed by atoms with Gasteiger partial charge in [-0.2, -0.15) is 10.4 Å². The highest BCUT2D eigenvalue weighted by Gasteiger charge is 2.20. The number of benzene rings is 1. The lowest BCUT2D eigenvalue weighted by Gasteiger charge is -2.35. The summed E-state index contributed by atoms with van der Waals surface area (Å²) in [6.45, 7) is 9.73. The number of piperazine rings is 1. The Kier molecular flexibility index (Phi) is 7.68. The normalized spacial score (nSPS) is 16.8. The Bertz CT molecular complexity index is 1420. The third-order valence-electron chi connectivity index (χ3n) is 7.46. The molecule has 9 nitrogen and oxygen atoms in total. The summed E-state index contributed by atoms with van der Waals surface area (Å²) in [6, 6.07) is 20.8. The predicted octanol–water partition coefficient (Wildman–Crippen LogP) is 3.30. The van der Waals surface area contributed by atoms with Crippen LogP contribution in [0.1, 0.15) is 11.1 Å². The zero-order valence-electron chi connectivity index (χ0n) is 22.1. The molecule has 9 heteroatoms. The topological polar surface area (TPSA) is 82.2 Å². The molecule has 4 aromatic rings. The Morgan fingerprint density at radius 2 is 1.72 bits per heavy atom. The van der Waals surface area contributed by atoms with E-state index in [0.717, 1.165) is 88.2 Å². The van der Waals surface area contributed by atoms with E-state index in [4.69, 9.17) is 19.6 Å². The third-order valence-corrected chi connectivity index (χ3v) is 7.46. The molecule has 0 unspecified atom stereocenters. The van der Waals surface area contributed by atoms with Crippen LogP contribution in [0.25, 0.3) is 16.8 Å². The summed E-state index contributed by atoms with van der Waals surface area (Å²) >= 11 is 0. The van der Waals surface area contributed by atoms with Crippen molar-refractivity contribution in [2.45, 2.75) is 6.54 Å². The van der Waals surface area contributed by atoms with Crippen LogP contribution < -0.4 is 9.64 Å². The van der Waals surface area contributed by atoms with Crippen LogP contribution in [0.2, 0.25) is 0 Å². The number of morpholine rings is 1. The van der Waals surface area contributed by atoms with Gasteiger partial charge in [-0.3, -0.25) is 9.80 Å². The van der Waals surface area contributed by atoms with Crippen molar-refractivity contribution in [2.75, 3.05) is 70.5 Å². The second-order valence-corrected chi connectivity index (χ2v) is 9.99. The molecule has 1 aromatic carbocycles. The van der Waals surface area contributed by atoms with Crippen LogP contribution >= 0.6 is 0 Å². The summed E-state index contributed by atoms with van der Waals surface area (Å²) in [5.41, 5.74) is 4.11. The van der Waals surface area contributed by atoms with E-state index in [0.29, 0.717) is 17.9 Å². The third kappa shape index (κ3) is 5.88. The molecule has 0 amide bonds. The standard InChI is InChI=1S/C30H33N7O2/c31-20-27-28-8-7-26(39-19-16-34-14-17-38-18-15-34)23-37(28)33-30(27)25-6-9-29(32-21-25)36-12-10-35(11-13-36)22-24-4-2-1-3-5-24/h1-9,21,23H,10-19,22H2. The fraction of sp³-hybridized carbons (Fsp3) is 0.367. The van der Waals surface area contributed by atoms with Crippen LogP contribution in [0.3, 0.4) is 0 Å². The van der Waals surface area contributed by atoms with Gasteiger partial charge in [0.25, 0.3) is 0 Å². The second-order valence-electron chi connectivity index (χ2n) is 9.99. The van der Waals surface area contributed by atoms with Crippen molar-refractivity contribution in [3.63, 3.8) is 0 Å². The number of rotatable bonds is 8. The molecule has 0 spiro atoms. The number of hydrogen-bond acceptors (Lipinski definition) is 8. The van der Waals surface area contributed by atoms with Gasteiger partial charge in [-0.25, -0.2) is 9.50 Å². The van der Waals surface area contributed by atoms with E-state index in [2.05, 4.69) is 51.1 Å². The van der Waals surface area contributed by atoms with Gasteiger partial charge in [0, 0.05) is 64.1 Å². The second kappa shape index (κ2) is 11.8. The van der Waals surface area contributed by atoms with E-state index in [1.807, 2.05) is 36.7 Å². The van der Waals surface area contributed by atoms with Crippen LogP contribution in [-0.4, -0.2) is 90.0 Å². The molecule has 0 aliphatic carbocycles. The SMILES string of the molecule is N#Cc1c(-c2ccc(N3CCN(Cc4ccccc4)CC3)nc2)nn2cc(OCCN3CCOCC3)ccc12. The molecule has 0 N–H and O–H groups in total. The zero-order chi connectivity index (χ0) is 26.4. The van der Waals surface area contributed by atoms with Crippen molar-refractivity contribution in [1.29, 1.82) is 5.26 Å². The maximum Gasteiger partial charge on any atom is 0.137 e. The monoisotopic (exact) mass is 523 g/mol. The molecule has 0 bridgehead atoms. The fourth-order valence-corrected chi connectivity index (χ4v) is 5.24. The maximum atomic E-state index is 9.93. The van der Waals surface area contributed by atoms with Gasteiger partial charge in [-0.05, 0) is 29.8 Å². The highest BCUT2D eigenvalue weighted by atomic mass is 16.5. The van der Waals surface area contributed by atoms with Gasteiger partial charge in [0.05, 0.1) is 24.9 Å². The number of anilines is 1. The summed E-state index contributed by atoms with van der Waals surface area (Å²) in [6.07, 6.45) is 3.67. The van der Waals surface area contributed by atoms with Crippen molar-refractivity contribution in [3.05, 3.63) is 78.1 Å². The quantitative estimate of drug-likeness (QED) is 0.348. The first-order valence-corrected chi connectivity index (χ1v) is 13.6. The molecule has 39 heavy (non-hydrogen) atoms. The van der Waals surface area contributed by atoms with Crippen molar-refractivity contribution in [3.8, 4) is 23.1 Å². The van der Waals surface area contributed by atoms with Crippen molar-refractivity contribution >= 4 is 11.3 Å². The molecule has 0 saturated carbocycles. The Hall–Kier alpha value is -3.97. The average molecular weight is 524 g/mol. The lowest BCUT2D eigenvalue weighted by molar-refractivity contribution is 0.0322. The lowest BCUT2D eigenvalue weighted by Crippen LogP contribution is -2.46. The number of nitriles is 1. The van der Waals surface area contributed by atoms with Crippen LogP contribution in [-0.2, 0) is 11.3 Å². The number of fused-ring (bicyclic) bond motifs is 1. The highest BCUT2D eigenvalue weighted by molar-refractivity contribution is 5.77. The van der Waals surface area contributed by atoms with Gasteiger partial charge in [-0.15, -0.1) is 0 Å². The Balaban J connectivity index is 1.10. The maximum absolute atomic E-state index is 9.93. The zero-order valence-corrected chi connectivity index (χ0v) is 22.1. The minimum atomic E-state index is 0.541. The molecule has 5 heterocycles. The molecule has 0 atom stereocenters. The average Bonchev–Trinajstić information content (AvgIpc) is 3.37. The Morgan fingerprint density at radius 1 is 0.897 bits per heavy atom. The summed E-state index contributed by atoms with van der Waals surface area (Å²) in [4.78, 5) is 11.9. The smallest absolute Gasteiger partial charge is 0.137 e. The van der Waals surface area contributed by atoms with E-state index < -0.39 is 0 Å². The van der Waals surface area contributed by atoms with Crippen LogP contribution in [0, 0.1) is 11.3 Å². The van der Waals surface area contributed by atoms with Crippen LogP contribution in [0.5, 0.6) is 5.75 Å². The summed E-state index contributed by atoms with van der Waals surface area (Å²) in [5.74, 6) is 1.69.